The molecule has 0 fully saturated rings. The Bertz CT molecular complexity index is 391. The minimum atomic E-state index is 0.210. The third kappa shape index (κ3) is 5.32. The van der Waals surface area contributed by atoms with Crippen molar-refractivity contribution in [1.82, 2.24) is 15.1 Å². The first-order chi connectivity index (χ1) is 10.2. The van der Waals surface area contributed by atoms with Gasteiger partial charge in [-0.05, 0) is 39.7 Å². The van der Waals surface area contributed by atoms with Gasteiger partial charge in [-0.25, -0.2) is 0 Å². The number of ether oxygens (including phenoxy) is 2. The molecule has 0 aliphatic carbocycles. The number of hydrogen-bond donors (Lipinski definition) is 1. The first kappa shape index (κ1) is 18.0. The van der Waals surface area contributed by atoms with E-state index in [1.165, 1.54) is 0 Å². The molecule has 0 aromatic carbocycles. The second-order valence-electron chi connectivity index (χ2n) is 5.54. The highest BCUT2D eigenvalue weighted by Crippen LogP contribution is 2.29. The summed E-state index contributed by atoms with van der Waals surface area (Å²) < 4.78 is 13.2. The minimum Gasteiger partial charge on any atom is -0.493 e. The van der Waals surface area contributed by atoms with Gasteiger partial charge in [0.15, 0.2) is 5.75 Å². The molecule has 0 radical (unpaired) electrons. The zero-order valence-electron chi connectivity index (χ0n) is 14.2. The Kier molecular flexibility index (Phi) is 8.38. The summed E-state index contributed by atoms with van der Waals surface area (Å²) in [5.41, 5.74) is 1.13. The lowest BCUT2D eigenvalue weighted by Gasteiger charge is -2.22. The Labute approximate surface area is 129 Å². The van der Waals surface area contributed by atoms with E-state index >= 15 is 0 Å². The predicted molar refractivity (Wildman–Crippen MR) is 85.9 cm³/mol. The Balaban J connectivity index is 2.87. The zero-order chi connectivity index (χ0) is 15.7. The van der Waals surface area contributed by atoms with Crippen LogP contribution in [0.3, 0.4) is 0 Å². The fourth-order valence-corrected chi connectivity index (χ4v) is 2.36. The van der Waals surface area contributed by atoms with Crippen LogP contribution >= 0.6 is 0 Å². The molecular weight excluding hydrogens is 266 g/mol. The largest absolute Gasteiger partial charge is 0.493 e. The van der Waals surface area contributed by atoms with E-state index in [1.807, 2.05) is 10.9 Å². The van der Waals surface area contributed by atoms with Crippen molar-refractivity contribution >= 4 is 0 Å². The van der Waals surface area contributed by atoms with Crippen LogP contribution in [0.4, 0.5) is 0 Å². The molecule has 1 atom stereocenters. The molecule has 0 bridgehead atoms. The number of aromatic nitrogens is 2. The third-order valence-corrected chi connectivity index (χ3v) is 3.38. The molecule has 1 unspecified atom stereocenters. The second kappa shape index (κ2) is 9.79. The average molecular weight is 297 g/mol. The fourth-order valence-electron chi connectivity index (χ4n) is 2.36. The lowest BCUT2D eigenvalue weighted by Crippen LogP contribution is -2.27. The van der Waals surface area contributed by atoms with Crippen molar-refractivity contribution in [2.24, 2.45) is 0 Å². The van der Waals surface area contributed by atoms with Gasteiger partial charge in [0.1, 0.15) is 0 Å². The standard InChI is InChI=1S/C16H31N3O2/c1-6-9-17-14(8-11-21-10-7-2)16-15(20-5)12-18-19(16)13(3)4/h12-14,17H,6-11H2,1-5H3. The van der Waals surface area contributed by atoms with Gasteiger partial charge < -0.3 is 14.8 Å². The molecule has 5 nitrogen and oxygen atoms in total. The lowest BCUT2D eigenvalue weighted by atomic mass is 10.1. The average Bonchev–Trinajstić information content (AvgIpc) is 2.90. The van der Waals surface area contributed by atoms with Gasteiger partial charge in [0, 0.05) is 19.3 Å². The molecule has 21 heavy (non-hydrogen) atoms. The van der Waals surface area contributed by atoms with Gasteiger partial charge in [0.2, 0.25) is 0 Å². The van der Waals surface area contributed by atoms with E-state index < -0.39 is 0 Å². The van der Waals surface area contributed by atoms with Crippen molar-refractivity contribution in [2.45, 2.75) is 59.0 Å². The summed E-state index contributed by atoms with van der Waals surface area (Å²) >= 11 is 0. The van der Waals surface area contributed by atoms with Crippen molar-refractivity contribution < 1.29 is 9.47 Å². The molecule has 0 saturated heterocycles. The van der Waals surface area contributed by atoms with Crippen LogP contribution in [0.15, 0.2) is 6.20 Å². The van der Waals surface area contributed by atoms with Gasteiger partial charge in [-0.2, -0.15) is 5.10 Å². The van der Waals surface area contributed by atoms with Gasteiger partial charge >= 0.3 is 0 Å². The van der Waals surface area contributed by atoms with Gasteiger partial charge in [-0.1, -0.05) is 13.8 Å². The Hall–Kier alpha value is -1.07. The number of methoxy groups -OCH3 is 1. The van der Waals surface area contributed by atoms with Crippen molar-refractivity contribution in [3.63, 3.8) is 0 Å². The van der Waals surface area contributed by atoms with Crippen LogP contribution in [0.25, 0.3) is 0 Å². The van der Waals surface area contributed by atoms with Crippen LogP contribution in [0.1, 0.15) is 64.7 Å². The molecule has 1 heterocycles. The minimum absolute atomic E-state index is 0.210. The first-order valence-corrected chi connectivity index (χ1v) is 8.08. The molecule has 0 amide bonds. The lowest BCUT2D eigenvalue weighted by molar-refractivity contribution is 0.123. The van der Waals surface area contributed by atoms with E-state index in [9.17, 15) is 0 Å². The first-order valence-electron chi connectivity index (χ1n) is 8.08. The molecule has 0 saturated carbocycles. The quantitative estimate of drug-likeness (QED) is 0.636. The van der Waals surface area contributed by atoms with E-state index in [1.54, 1.807) is 7.11 Å². The van der Waals surface area contributed by atoms with Crippen LogP contribution in [0.5, 0.6) is 5.75 Å². The van der Waals surface area contributed by atoms with Crippen LogP contribution in [-0.2, 0) is 4.74 Å². The summed E-state index contributed by atoms with van der Waals surface area (Å²) in [6, 6.07) is 0.521. The number of hydrogen-bond acceptors (Lipinski definition) is 4. The van der Waals surface area contributed by atoms with Gasteiger partial charge in [-0.3, -0.25) is 4.68 Å². The van der Waals surface area contributed by atoms with E-state index in [-0.39, 0.29) is 6.04 Å². The van der Waals surface area contributed by atoms with Gasteiger partial charge in [0.05, 0.1) is 25.0 Å². The molecule has 1 aromatic rings. The van der Waals surface area contributed by atoms with Crippen molar-refractivity contribution in [3.8, 4) is 5.75 Å². The highest BCUT2D eigenvalue weighted by molar-refractivity contribution is 5.28. The van der Waals surface area contributed by atoms with Crippen molar-refractivity contribution in [2.75, 3.05) is 26.9 Å². The molecule has 0 aliphatic rings. The molecule has 0 spiro atoms. The summed E-state index contributed by atoms with van der Waals surface area (Å²) in [5, 5.41) is 8.07. The molecule has 5 heteroatoms. The second-order valence-corrected chi connectivity index (χ2v) is 5.54. The maximum Gasteiger partial charge on any atom is 0.161 e. The van der Waals surface area contributed by atoms with Crippen molar-refractivity contribution in [3.05, 3.63) is 11.9 Å². The molecule has 1 rings (SSSR count). The van der Waals surface area contributed by atoms with E-state index in [0.29, 0.717) is 6.04 Å². The van der Waals surface area contributed by atoms with Crippen LogP contribution in [0.2, 0.25) is 0 Å². The van der Waals surface area contributed by atoms with Crippen LogP contribution in [-0.4, -0.2) is 36.6 Å². The summed E-state index contributed by atoms with van der Waals surface area (Å²) in [5.74, 6) is 0.854. The van der Waals surface area contributed by atoms with Gasteiger partial charge in [-0.15, -0.1) is 0 Å². The summed E-state index contributed by atoms with van der Waals surface area (Å²) in [6.45, 7) is 11.1. The van der Waals surface area contributed by atoms with Crippen molar-refractivity contribution in [1.29, 1.82) is 0 Å². The maximum atomic E-state index is 5.65. The topological polar surface area (TPSA) is 48.3 Å². The molecule has 0 aliphatic heterocycles. The van der Waals surface area contributed by atoms with E-state index in [4.69, 9.17) is 9.47 Å². The van der Waals surface area contributed by atoms with Crippen LogP contribution < -0.4 is 10.1 Å². The summed E-state index contributed by atoms with van der Waals surface area (Å²) in [7, 11) is 1.70. The number of nitrogens with one attached hydrogen (secondary N) is 1. The molecule has 122 valence electrons. The number of nitrogens with zero attached hydrogens (tertiary/aromatic N) is 2. The Morgan fingerprint density at radius 2 is 2.00 bits per heavy atom. The maximum absolute atomic E-state index is 5.65. The Morgan fingerprint density at radius 1 is 1.24 bits per heavy atom. The smallest absolute Gasteiger partial charge is 0.161 e. The summed E-state index contributed by atoms with van der Waals surface area (Å²) in [6.07, 6.45) is 4.89. The number of rotatable bonds is 11. The molecule has 1 N–H and O–H groups in total. The van der Waals surface area contributed by atoms with E-state index in [0.717, 1.165) is 50.5 Å². The van der Waals surface area contributed by atoms with Crippen LogP contribution in [0, 0.1) is 0 Å². The molecular formula is C16H31N3O2. The Morgan fingerprint density at radius 3 is 2.57 bits per heavy atom. The summed E-state index contributed by atoms with van der Waals surface area (Å²) in [4.78, 5) is 0. The fraction of sp³-hybridized carbons (Fsp3) is 0.812. The molecule has 1 aromatic heterocycles. The van der Waals surface area contributed by atoms with Gasteiger partial charge in [0.25, 0.3) is 0 Å². The SMILES string of the molecule is CCCNC(CCOCCC)c1c(OC)cnn1C(C)C. The highest BCUT2D eigenvalue weighted by Gasteiger charge is 2.22. The third-order valence-electron chi connectivity index (χ3n) is 3.38. The normalized spacial score (nSPS) is 12.9. The predicted octanol–water partition coefficient (Wildman–Crippen LogP) is 3.33. The highest BCUT2D eigenvalue weighted by atomic mass is 16.5. The van der Waals surface area contributed by atoms with E-state index in [2.05, 4.69) is 38.1 Å². The monoisotopic (exact) mass is 297 g/mol. The zero-order valence-corrected chi connectivity index (χ0v) is 14.2.